The van der Waals surface area contributed by atoms with E-state index >= 15 is 0 Å². The fourth-order valence-electron chi connectivity index (χ4n) is 5.15. The van der Waals surface area contributed by atoms with Gasteiger partial charge in [0.15, 0.2) is 0 Å². The Morgan fingerprint density at radius 3 is 1.20 bits per heavy atom. The average molecular weight is 469 g/mol. The quantitative estimate of drug-likeness (QED) is 0.257. The highest BCUT2D eigenvalue weighted by atomic mass is 32.2. The lowest BCUT2D eigenvalue weighted by molar-refractivity contribution is 0.599. The second-order valence-corrected chi connectivity index (χ2v) is 10.9. The fourth-order valence-corrected chi connectivity index (χ4v) is 6.89. The molecular weight excluding hydrogens is 448 g/mol. The average Bonchev–Trinajstić information content (AvgIpc) is 3.13. The van der Waals surface area contributed by atoms with Gasteiger partial charge in [-0.2, -0.15) is 0 Å². The molecule has 0 saturated heterocycles. The monoisotopic (exact) mass is 468 g/mol. The molecule has 0 N–H and O–H groups in total. The van der Waals surface area contributed by atoms with Crippen LogP contribution in [0.15, 0.2) is 131 Å². The zero-order valence-corrected chi connectivity index (χ0v) is 19.6. The van der Waals surface area contributed by atoms with E-state index < -0.39 is 9.84 Å². The number of sulfone groups is 1. The second kappa shape index (κ2) is 7.39. The first-order chi connectivity index (χ1) is 17.1. The van der Waals surface area contributed by atoms with Crippen LogP contribution in [-0.2, 0) is 9.84 Å². The van der Waals surface area contributed by atoms with Gasteiger partial charge < -0.3 is 0 Å². The van der Waals surface area contributed by atoms with Gasteiger partial charge in [-0.25, -0.2) is 8.42 Å². The van der Waals surface area contributed by atoms with Crippen molar-refractivity contribution in [3.05, 3.63) is 121 Å². The maximum atomic E-state index is 13.7. The summed E-state index contributed by atoms with van der Waals surface area (Å²) in [5.74, 6) is 0. The topological polar surface area (TPSA) is 34.1 Å². The molecule has 0 atom stereocenters. The lowest BCUT2D eigenvalue weighted by atomic mass is 9.96. The third-order valence-corrected chi connectivity index (χ3v) is 8.83. The summed E-state index contributed by atoms with van der Waals surface area (Å²) in [6.45, 7) is 0. The molecule has 0 unspecified atom stereocenters. The summed E-state index contributed by atoms with van der Waals surface area (Å²) >= 11 is 0. The highest BCUT2D eigenvalue weighted by Gasteiger charge is 2.33. The van der Waals surface area contributed by atoms with Crippen LogP contribution in [0.5, 0.6) is 0 Å². The highest BCUT2D eigenvalue weighted by Crippen LogP contribution is 2.46. The summed E-state index contributed by atoms with van der Waals surface area (Å²) in [6, 6.07) is 40.5. The first-order valence-corrected chi connectivity index (χ1v) is 13.1. The summed E-state index contributed by atoms with van der Waals surface area (Å²) in [4.78, 5) is 0.766. The van der Waals surface area contributed by atoms with Crippen LogP contribution in [0.25, 0.3) is 54.9 Å². The lowest BCUT2D eigenvalue weighted by Crippen LogP contribution is -1.97. The predicted molar refractivity (Wildman–Crippen MR) is 143 cm³/mol. The van der Waals surface area contributed by atoms with Crippen molar-refractivity contribution in [2.24, 2.45) is 0 Å². The molecule has 1 aliphatic rings. The Hall–Kier alpha value is -4.21. The third kappa shape index (κ3) is 3.13. The van der Waals surface area contributed by atoms with Crippen molar-refractivity contribution in [2.75, 3.05) is 0 Å². The number of hydrogen-bond donors (Lipinski definition) is 0. The van der Waals surface area contributed by atoms with Gasteiger partial charge in [0.25, 0.3) is 0 Å². The van der Waals surface area contributed by atoms with Crippen LogP contribution in [-0.4, -0.2) is 8.42 Å². The van der Waals surface area contributed by atoms with Crippen LogP contribution in [0.2, 0.25) is 0 Å². The van der Waals surface area contributed by atoms with Gasteiger partial charge in [-0.15, -0.1) is 0 Å². The van der Waals surface area contributed by atoms with Crippen molar-refractivity contribution in [3.63, 3.8) is 0 Å². The molecule has 0 amide bonds. The Morgan fingerprint density at radius 2 is 0.743 bits per heavy atom. The smallest absolute Gasteiger partial charge is 0.207 e. The van der Waals surface area contributed by atoms with Crippen molar-refractivity contribution in [1.29, 1.82) is 0 Å². The first kappa shape index (κ1) is 20.2. The largest absolute Gasteiger partial charge is 0.218 e. The van der Waals surface area contributed by atoms with Gasteiger partial charge in [0.1, 0.15) is 0 Å². The number of hydrogen-bond acceptors (Lipinski definition) is 2. The van der Waals surface area contributed by atoms with E-state index in [9.17, 15) is 8.42 Å². The molecule has 0 spiro atoms. The van der Waals surface area contributed by atoms with E-state index in [0.29, 0.717) is 9.79 Å². The molecule has 3 heteroatoms. The van der Waals surface area contributed by atoms with Gasteiger partial charge in [-0.3, -0.25) is 0 Å². The van der Waals surface area contributed by atoms with Crippen molar-refractivity contribution in [2.45, 2.75) is 9.79 Å². The maximum Gasteiger partial charge on any atom is 0.207 e. The molecule has 1 heterocycles. The standard InChI is InChI=1S/C32H20O2S/c33-35(34)31-19-27(25-11-9-21-5-1-3-7-23(21)17-25)13-15-29(31)30-16-14-28(20-32(30)35)26-12-10-22-6-2-4-8-24(22)18-26/h1-20H. The minimum absolute atomic E-state index is 0.383. The van der Waals surface area contributed by atoms with Crippen LogP contribution >= 0.6 is 0 Å². The van der Waals surface area contributed by atoms with Crippen LogP contribution in [0, 0.1) is 0 Å². The Kier molecular flexibility index (Phi) is 4.26. The van der Waals surface area contributed by atoms with Crippen molar-refractivity contribution in [1.82, 2.24) is 0 Å². The van der Waals surface area contributed by atoms with Crippen LogP contribution in [0.3, 0.4) is 0 Å². The summed E-state index contributed by atoms with van der Waals surface area (Å²) in [5, 5.41) is 4.60. The molecule has 6 aromatic rings. The molecule has 166 valence electrons. The van der Waals surface area contributed by atoms with Crippen molar-refractivity contribution in [3.8, 4) is 33.4 Å². The first-order valence-electron chi connectivity index (χ1n) is 11.6. The van der Waals surface area contributed by atoms with Gasteiger partial charge >= 0.3 is 0 Å². The molecule has 1 aliphatic heterocycles. The number of rotatable bonds is 2. The van der Waals surface area contributed by atoms with Gasteiger partial charge in [-0.1, -0.05) is 97.1 Å². The summed E-state index contributed by atoms with van der Waals surface area (Å²) in [5.41, 5.74) is 5.37. The van der Waals surface area contributed by atoms with Crippen LogP contribution < -0.4 is 0 Å². The molecule has 0 aliphatic carbocycles. The Balaban J connectivity index is 1.33. The van der Waals surface area contributed by atoms with Gasteiger partial charge in [-0.05, 0) is 68.1 Å². The summed E-state index contributed by atoms with van der Waals surface area (Å²) < 4.78 is 27.3. The van der Waals surface area contributed by atoms with E-state index in [1.807, 2.05) is 60.7 Å². The molecule has 2 nitrogen and oxygen atoms in total. The zero-order valence-electron chi connectivity index (χ0n) is 18.8. The van der Waals surface area contributed by atoms with Crippen LogP contribution in [0.4, 0.5) is 0 Å². The minimum Gasteiger partial charge on any atom is -0.218 e. The minimum atomic E-state index is -3.61. The van der Waals surface area contributed by atoms with E-state index in [1.54, 1.807) is 0 Å². The van der Waals surface area contributed by atoms with E-state index in [2.05, 4.69) is 60.7 Å². The highest BCUT2D eigenvalue weighted by molar-refractivity contribution is 7.92. The summed E-state index contributed by atoms with van der Waals surface area (Å²) in [6.07, 6.45) is 0. The van der Waals surface area contributed by atoms with E-state index in [4.69, 9.17) is 0 Å². The molecule has 0 saturated carbocycles. The van der Waals surface area contributed by atoms with E-state index in [0.717, 1.165) is 44.2 Å². The Bertz CT molecular complexity index is 1780. The van der Waals surface area contributed by atoms with Gasteiger partial charge in [0.05, 0.1) is 9.79 Å². The Morgan fingerprint density at radius 1 is 0.371 bits per heavy atom. The molecule has 0 fully saturated rings. The van der Waals surface area contributed by atoms with Gasteiger partial charge in [0.2, 0.25) is 9.84 Å². The third-order valence-electron chi connectivity index (χ3n) is 7.00. The molecule has 35 heavy (non-hydrogen) atoms. The van der Waals surface area contributed by atoms with Gasteiger partial charge in [0, 0.05) is 11.1 Å². The van der Waals surface area contributed by atoms with Crippen LogP contribution in [0.1, 0.15) is 0 Å². The predicted octanol–water partition coefficient (Wildman–Crippen LogP) is 8.14. The zero-order chi connectivity index (χ0) is 23.6. The SMILES string of the molecule is O=S1(=O)c2cc(-c3ccc4ccccc4c3)ccc2-c2ccc(-c3ccc4ccccc4c3)cc21. The van der Waals surface area contributed by atoms with Crippen molar-refractivity contribution >= 4 is 31.4 Å². The van der Waals surface area contributed by atoms with E-state index in [1.165, 1.54) is 10.8 Å². The molecule has 0 aromatic heterocycles. The normalized spacial score (nSPS) is 13.6. The van der Waals surface area contributed by atoms with Crippen molar-refractivity contribution < 1.29 is 8.42 Å². The maximum absolute atomic E-state index is 13.7. The number of fused-ring (bicyclic) bond motifs is 5. The molecule has 0 radical (unpaired) electrons. The second-order valence-electron chi connectivity index (χ2n) is 9.05. The lowest BCUT2D eigenvalue weighted by Gasteiger charge is -2.07. The van der Waals surface area contributed by atoms with E-state index in [-0.39, 0.29) is 0 Å². The summed E-state index contributed by atoms with van der Waals surface area (Å²) in [7, 11) is -3.61. The number of benzene rings is 6. The fraction of sp³-hybridized carbons (Fsp3) is 0. The molecule has 7 rings (SSSR count). The Labute approximate surface area is 204 Å². The molecule has 6 aromatic carbocycles. The molecule has 0 bridgehead atoms. The molecular formula is C32H20O2S.